The average molecular weight is 572 g/mol. The molecule has 0 spiro atoms. The molecule has 2 fully saturated rings. The van der Waals surface area contributed by atoms with Gasteiger partial charge in [0.25, 0.3) is 11.8 Å². The number of phenolic OH excluding ortho intramolecular Hbond substituents is 1. The summed E-state index contributed by atoms with van der Waals surface area (Å²) in [5.74, 6) is -3.93. The average Bonchev–Trinajstić information content (AvgIpc) is 3.14. The van der Waals surface area contributed by atoms with Crippen LogP contribution >= 0.6 is 23.1 Å². The van der Waals surface area contributed by atoms with Crippen LogP contribution in [0, 0.1) is 5.82 Å². The molecule has 10 nitrogen and oxygen atoms in total. The molecule has 3 N–H and O–H groups in total. The first-order chi connectivity index (χ1) is 18.4. The Balaban J connectivity index is 1.41. The summed E-state index contributed by atoms with van der Waals surface area (Å²) >= 11 is 2.33. The van der Waals surface area contributed by atoms with Crippen molar-refractivity contribution in [1.29, 1.82) is 0 Å². The van der Waals surface area contributed by atoms with Crippen LogP contribution in [-0.4, -0.2) is 67.6 Å². The SMILES string of the molecule is CC1(C)SC2C(N(C(=O)CNC(=O)c3csc4ccc(F)cc4c3=O)c3ccc(O)cc3)C(=O)N2C1C(=O)O. The number of carboxylic acids is 1. The van der Waals surface area contributed by atoms with Gasteiger partial charge in [-0.3, -0.25) is 24.1 Å². The molecule has 202 valence electrons. The number of phenols is 1. The summed E-state index contributed by atoms with van der Waals surface area (Å²) in [4.78, 5) is 66.7. The van der Waals surface area contributed by atoms with Crippen LogP contribution in [0.4, 0.5) is 10.1 Å². The van der Waals surface area contributed by atoms with Crippen LogP contribution in [0.15, 0.2) is 52.6 Å². The van der Waals surface area contributed by atoms with E-state index in [-0.39, 0.29) is 22.4 Å². The van der Waals surface area contributed by atoms with Gasteiger partial charge in [-0.15, -0.1) is 23.1 Å². The molecule has 3 atom stereocenters. The predicted molar refractivity (Wildman–Crippen MR) is 143 cm³/mol. The quantitative estimate of drug-likeness (QED) is 0.383. The van der Waals surface area contributed by atoms with Crippen molar-refractivity contribution in [1.82, 2.24) is 10.2 Å². The molecule has 2 aromatic carbocycles. The van der Waals surface area contributed by atoms with Crippen molar-refractivity contribution >= 4 is 62.6 Å². The van der Waals surface area contributed by atoms with Crippen molar-refractivity contribution in [3.63, 3.8) is 0 Å². The molecule has 2 aliphatic heterocycles. The van der Waals surface area contributed by atoms with Crippen LogP contribution in [-0.2, 0) is 14.4 Å². The number of amides is 3. The second-order valence-corrected chi connectivity index (χ2v) is 12.3. The van der Waals surface area contributed by atoms with Crippen LogP contribution in [0.5, 0.6) is 5.75 Å². The number of nitrogens with one attached hydrogen (secondary N) is 1. The van der Waals surface area contributed by atoms with E-state index in [0.29, 0.717) is 4.70 Å². The summed E-state index contributed by atoms with van der Waals surface area (Å²) in [6, 6.07) is 7.09. The summed E-state index contributed by atoms with van der Waals surface area (Å²) in [6.07, 6.45) is 0. The number of carboxylic acid groups (broad SMARTS) is 1. The Labute approximate surface area is 229 Å². The Kier molecular flexibility index (Phi) is 6.59. The topological polar surface area (TPSA) is 144 Å². The predicted octanol–water partition coefficient (Wildman–Crippen LogP) is 2.38. The van der Waals surface area contributed by atoms with E-state index in [2.05, 4.69) is 5.32 Å². The summed E-state index contributed by atoms with van der Waals surface area (Å²) in [5, 5.41) is 22.6. The van der Waals surface area contributed by atoms with Crippen LogP contribution in [0.25, 0.3) is 10.1 Å². The van der Waals surface area contributed by atoms with Gasteiger partial charge in [0.15, 0.2) is 0 Å². The third-order valence-electron chi connectivity index (χ3n) is 6.70. The molecule has 2 aliphatic rings. The van der Waals surface area contributed by atoms with E-state index < -0.39 is 63.7 Å². The molecule has 3 unspecified atom stereocenters. The fraction of sp³-hybridized carbons (Fsp3) is 0.269. The maximum absolute atomic E-state index is 13.7. The van der Waals surface area contributed by atoms with E-state index in [1.807, 2.05) is 0 Å². The Morgan fingerprint density at radius 1 is 1.13 bits per heavy atom. The number of nitrogens with zero attached hydrogens (tertiary/aromatic N) is 2. The van der Waals surface area contributed by atoms with Crippen LogP contribution in [0.3, 0.4) is 0 Å². The van der Waals surface area contributed by atoms with Gasteiger partial charge in [0.2, 0.25) is 11.3 Å². The molecule has 0 saturated carbocycles. The fourth-order valence-electron chi connectivity index (χ4n) is 4.90. The van der Waals surface area contributed by atoms with Crippen LogP contribution in [0.1, 0.15) is 24.2 Å². The molecule has 1 aromatic heterocycles. The Bertz CT molecular complexity index is 1590. The zero-order chi connectivity index (χ0) is 28.2. The minimum atomic E-state index is -1.15. The number of carbonyl (C=O) groups is 4. The lowest BCUT2D eigenvalue weighted by Gasteiger charge is -2.48. The van der Waals surface area contributed by atoms with Gasteiger partial charge in [0, 0.05) is 25.9 Å². The van der Waals surface area contributed by atoms with Gasteiger partial charge in [-0.1, -0.05) is 0 Å². The highest BCUT2D eigenvalue weighted by atomic mass is 32.2. The lowest BCUT2D eigenvalue weighted by molar-refractivity contribution is -0.159. The molecule has 3 heterocycles. The number of aromatic hydroxyl groups is 1. The van der Waals surface area contributed by atoms with Gasteiger partial charge in [0.05, 0.1) is 12.1 Å². The Morgan fingerprint density at radius 3 is 2.49 bits per heavy atom. The standard InChI is InChI=1S/C26H22FN3O7S2/c1-26(2)21(25(36)37)30-23(35)19(24(30)39-26)29(13-4-6-14(31)7-5-13)18(32)10-28-22(34)16-11-38-17-8-3-12(27)9-15(17)20(16)33/h3-9,11,19,21,24,31H,10H2,1-2H3,(H,28,34)(H,36,37). The highest BCUT2D eigenvalue weighted by Gasteiger charge is 2.66. The number of hydrogen-bond donors (Lipinski definition) is 3. The van der Waals surface area contributed by atoms with Crippen molar-refractivity contribution in [2.75, 3.05) is 11.4 Å². The maximum atomic E-state index is 13.7. The number of aliphatic carboxylic acids is 1. The number of β-lactam (4-membered cyclic amide) rings is 1. The number of fused-ring (bicyclic) bond motifs is 2. The smallest absolute Gasteiger partial charge is 0.327 e. The number of hydrogen-bond acceptors (Lipinski definition) is 8. The first kappa shape index (κ1) is 26.6. The fourth-order valence-corrected chi connectivity index (χ4v) is 7.46. The molecule has 0 bridgehead atoms. The number of rotatable bonds is 6. The zero-order valence-corrected chi connectivity index (χ0v) is 22.2. The Hall–Kier alpha value is -3.97. The zero-order valence-electron chi connectivity index (χ0n) is 20.6. The van der Waals surface area contributed by atoms with E-state index in [1.54, 1.807) is 13.8 Å². The minimum Gasteiger partial charge on any atom is -0.508 e. The molecule has 39 heavy (non-hydrogen) atoms. The molecule has 3 aromatic rings. The first-order valence-corrected chi connectivity index (χ1v) is 13.5. The molecule has 5 rings (SSSR count). The molecule has 2 saturated heterocycles. The number of halogens is 1. The molecule has 13 heteroatoms. The number of anilines is 1. The van der Waals surface area contributed by atoms with Gasteiger partial charge in [0.1, 0.15) is 29.0 Å². The number of benzene rings is 2. The number of thioether (sulfide) groups is 1. The normalized spacial score (nSPS) is 21.3. The summed E-state index contributed by atoms with van der Waals surface area (Å²) in [7, 11) is 0. The molecular formula is C26H22FN3O7S2. The van der Waals surface area contributed by atoms with E-state index in [0.717, 1.165) is 17.4 Å². The molecule has 0 aliphatic carbocycles. The van der Waals surface area contributed by atoms with Crippen LogP contribution < -0.4 is 15.6 Å². The number of carbonyl (C=O) groups excluding carboxylic acids is 3. The maximum Gasteiger partial charge on any atom is 0.327 e. The molecule has 3 amide bonds. The van der Waals surface area contributed by atoms with Crippen LogP contribution in [0.2, 0.25) is 0 Å². The van der Waals surface area contributed by atoms with Crippen molar-refractivity contribution in [2.45, 2.75) is 36.1 Å². The van der Waals surface area contributed by atoms with E-state index in [4.69, 9.17) is 0 Å². The van der Waals surface area contributed by atoms with Gasteiger partial charge in [-0.05, 0) is 56.3 Å². The third kappa shape index (κ3) is 4.51. The Morgan fingerprint density at radius 2 is 1.82 bits per heavy atom. The van der Waals surface area contributed by atoms with Gasteiger partial charge < -0.3 is 20.4 Å². The minimum absolute atomic E-state index is 0.0405. The van der Waals surface area contributed by atoms with Crippen molar-refractivity contribution in [3.05, 3.63) is 69.4 Å². The van der Waals surface area contributed by atoms with Gasteiger partial charge in [-0.25, -0.2) is 9.18 Å². The van der Waals surface area contributed by atoms with Crippen molar-refractivity contribution in [3.8, 4) is 5.75 Å². The van der Waals surface area contributed by atoms with Gasteiger partial charge in [-0.2, -0.15) is 0 Å². The molecule has 0 radical (unpaired) electrons. The highest BCUT2D eigenvalue weighted by Crippen LogP contribution is 2.52. The summed E-state index contributed by atoms with van der Waals surface area (Å²) < 4.78 is 13.3. The monoisotopic (exact) mass is 571 g/mol. The van der Waals surface area contributed by atoms with Crippen molar-refractivity contribution < 1.29 is 33.8 Å². The summed E-state index contributed by atoms with van der Waals surface area (Å²) in [5.41, 5.74) is -0.682. The second kappa shape index (κ2) is 9.65. The van der Waals surface area contributed by atoms with E-state index >= 15 is 0 Å². The summed E-state index contributed by atoms with van der Waals surface area (Å²) in [6.45, 7) is 2.84. The largest absolute Gasteiger partial charge is 0.508 e. The van der Waals surface area contributed by atoms with E-state index in [9.17, 15) is 38.6 Å². The third-order valence-corrected chi connectivity index (χ3v) is 9.22. The molecular weight excluding hydrogens is 549 g/mol. The lowest BCUT2D eigenvalue weighted by Crippen LogP contribution is -2.72. The first-order valence-electron chi connectivity index (χ1n) is 11.7. The van der Waals surface area contributed by atoms with Crippen molar-refractivity contribution in [2.24, 2.45) is 0 Å². The van der Waals surface area contributed by atoms with Gasteiger partial charge >= 0.3 is 5.97 Å². The van der Waals surface area contributed by atoms with E-state index in [1.165, 1.54) is 63.3 Å². The lowest BCUT2D eigenvalue weighted by atomic mass is 9.95. The highest BCUT2D eigenvalue weighted by molar-refractivity contribution is 8.01. The second-order valence-electron chi connectivity index (χ2n) is 9.62.